The highest BCUT2D eigenvalue weighted by molar-refractivity contribution is 5.83. The van der Waals surface area contributed by atoms with Crippen molar-refractivity contribution in [1.82, 2.24) is 24.5 Å². The van der Waals surface area contributed by atoms with Crippen molar-refractivity contribution in [3.05, 3.63) is 18.0 Å². The molecule has 0 N–H and O–H groups in total. The van der Waals surface area contributed by atoms with Gasteiger partial charge in [0.15, 0.2) is 0 Å². The second-order valence-corrected chi connectivity index (χ2v) is 9.21. The van der Waals surface area contributed by atoms with Crippen molar-refractivity contribution >= 4 is 5.91 Å². The van der Waals surface area contributed by atoms with E-state index in [-0.39, 0.29) is 6.04 Å². The first-order valence-corrected chi connectivity index (χ1v) is 10.7. The Kier molecular flexibility index (Phi) is 5.30. The normalized spacial score (nSPS) is 26.0. The quantitative estimate of drug-likeness (QED) is 0.766. The Balaban J connectivity index is 1.50. The first-order valence-electron chi connectivity index (χ1n) is 10.7. The second-order valence-electron chi connectivity index (χ2n) is 9.21. The van der Waals surface area contributed by atoms with E-state index in [4.69, 9.17) is 0 Å². The van der Waals surface area contributed by atoms with Crippen molar-refractivity contribution in [2.45, 2.75) is 64.1 Å². The van der Waals surface area contributed by atoms with Crippen LogP contribution in [0.3, 0.4) is 0 Å². The largest absolute Gasteiger partial charge is 0.334 e. The zero-order valence-corrected chi connectivity index (χ0v) is 17.2. The highest BCUT2D eigenvalue weighted by Crippen LogP contribution is 2.44. The van der Waals surface area contributed by atoms with Crippen LogP contribution in [0.4, 0.5) is 0 Å². The van der Waals surface area contributed by atoms with Gasteiger partial charge in [-0.25, -0.2) is 0 Å². The molecule has 1 amide bonds. The molecular formula is C21H35N5O. The summed E-state index contributed by atoms with van der Waals surface area (Å²) in [5, 5.41) is 4.29. The van der Waals surface area contributed by atoms with E-state index in [0.717, 1.165) is 44.3 Å². The van der Waals surface area contributed by atoms with Crippen LogP contribution in [0.25, 0.3) is 0 Å². The average molecular weight is 374 g/mol. The number of carbonyl (C=O) groups is 1. The van der Waals surface area contributed by atoms with E-state index in [9.17, 15) is 4.79 Å². The topological polar surface area (TPSA) is 44.6 Å². The monoisotopic (exact) mass is 373 g/mol. The van der Waals surface area contributed by atoms with Crippen LogP contribution < -0.4 is 0 Å². The smallest absolute Gasteiger partial charge is 0.240 e. The third kappa shape index (κ3) is 4.06. The van der Waals surface area contributed by atoms with Gasteiger partial charge in [0, 0.05) is 37.9 Å². The van der Waals surface area contributed by atoms with Gasteiger partial charge in [0.05, 0.1) is 12.2 Å². The zero-order valence-electron chi connectivity index (χ0n) is 17.2. The molecule has 27 heavy (non-hydrogen) atoms. The van der Waals surface area contributed by atoms with Crippen molar-refractivity contribution in [3.8, 4) is 0 Å². The lowest BCUT2D eigenvalue weighted by Gasteiger charge is -2.37. The van der Waals surface area contributed by atoms with Crippen molar-refractivity contribution in [2.75, 3.05) is 33.2 Å². The van der Waals surface area contributed by atoms with Crippen LogP contribution in [0.2, 0.25) is 0 Å². The van der Waals surface area contributed by atoms with Gasteiger partial charge >= 0.3 is 0 Å². The molecule has 150 valence electrons. The molecule has 0 radical (unpaired) electrons. The third-order valence-corrected chi connectivity index (χ3v) is 6.83. The molecule has 1 spiro atoms. The molecule has 3 aliphatic rings. The number of carbonyl (C=O) groups excluding carboxylic acids is 1. The number of amides is 1. The molecule has 3 heterocycles. The molecule has 1 aromatic rings. The lowest BCUT2D eigenvalue weighted by atomic mass is 9.76. The maximum absolute atomic E-state index is 13.7. The molecular weight excluding hydrogens is 338 g/mol. The van der Waals surface area contributed by atoms with E-state index in [1.807, 2.05) is 24.1 Å². The molecule has 1 aliphatic carbocycles. The lowest BCUT2D eigenvalue weighted by Crippen LogP contribution is -2.46. The van der Waals surface area contributed by atoms with E-state index in [0.29, 0.717) is 23.9 Å². The summed E-state index contributed by atoms with van der Waals surface area (Å²) in [6.07, 6.45) is 10.9. The average Bonchev–Trinajstić information content (AvgIpc) is 3.32. The Labute approximate surface area is 163 Å². The molecule has 0 unspecified atom stereocenters. The minimum atomic E-state index is 0.0747. The summed E-state index contributed by atoms with van der Waals surface area (Å²) in [6.45, 7) is 7.43. The zero-order chi connectivity index (χ0) is 19.0. The fourth-order valence-corrected chi connectivity index (χ4v) is 5.08. The maximum Gasteiger partial charge on any atom is 0.240 e. The van der Waals surface area contributed by atoms with E-state index < -0.39 is 0 Å². The van der Waals surface area contributed by atoms with E-state index in [1.165, 1.54) is 25.9 Å². The lowest BCUT2D eigenvalue weighted by molar-refractivity contribution is -0.137. The van der Waals surface area contributed by atoms with Gasteiger partial charge in [-0.05, 0) is 70.6 Å². The SMILES string of the molecule is CCCN1CC2(CCN(C)CC2)C[C@@H]1C(=O)N(Cc1cnn(C)c1)C1CC1. The molecule has 4 rings (SSSR count). The second kappa shape index (κ2) is 7.55. The summed E-state index contributed by atoms with van der Waals surface area (Å²) in [5.41, 5.74) is 1.50. The Morgan fingerprint density at radius 3 is 2.63 bits per heavy atom. The highest BCUT2D eigenvalue weighted by atomic mass is 16.2. The summed E-state index contributed by atoms with van der Waals surface area (Å²) < 4.78 is 1.83. The highest BCUT2D eigenvalue weighted by Gasteiger charge is 2.49. The summed E-state index contributed by atoms with van der Waals surface area (Å²) in [6, 6.07) is 0.515. The molecule has 6 heteroatoms. The van der Waals surface area contributed by atoms with Crippen LogP contribution in [-0.2, 0) is 18.4 Å². The molecule has 1 aromatic heterocycles. The van der Waals surface area contributed by atoms with E-state index in [2.05, 4.69) is 33.8 Å². The number of nitrogens with zero attached hydrogens (tertiary/aromatic N) is 5. The Morgan fingerprint density at radius 2 is 2.04 bits per heavy atom. The Hall–Kier alpha value is -1.40. The number of aromatic nitrogens is 2. The minimum absolute atomic E-state index is 0.0747. The van der Waals surface area contributed by atoms with E-state index in [1.54, 1.807) is 0 Å². The van der Waals surface area contributed by atoms with Gasteiger partial charge in [-0.1, -0.05) is 6.92 Å². The number of rotatable bonds is 6. The van der Waals surface area contributed by atoms with Crippen LogP contribution in [0.1, 0.15) is 51.0 Å². The van der Waals surface area contributed by atoms with Gasteiger partial charge in [0.2, 0.25) is 5.91 Å². The van der Waals surface area contributed by atoms with Gasteiger partial charge < -0.3 is 9.80 Å². The molecule has 2 aliphatic heterocycles. The van der Waals surface area contributed by atoms with Gasteiger partial charge in [-0.3, -0.25) is 14.4 Å². The summed E-state index contributed by atoms with van der Waals surface area (Å²) in [7, 11) is 4.16. The predicted molar refractivity (Wildman–Crippen MR) is 106 cm³/mol. The third-order valence-electron chi connectivity index (χ3n) is 6.83. The fraction of sp³-hybridized carbons (Fsp3) is 0.810. The Morgan fingerprint density at radius 1 is 1.30 bits per heavy atom. The number of hydrogen-bond donors (Lipinski definition) is 0. The number of aryl methyl sites for hydroxylation is 1. The van der Waals surface area contributed by atoms with Gasteiger partial charge in [0.1, 0.15) is 0 Å². The first kappa shape index (κ1) is 18.9. The van der Waals surface area contributed by atoms with Crippen molar-refractivity contribution in [3.63, 3.8) is 0 Å². The standard InChI is InChI=1S/C21H35N5O/c1-4-9-25-16-21(7-10-23(2)11-8-21)12-19(25)20(27)26(18-5-6-18)15-17-13-22-24(3)14-17/h13-14,18-19H,4-12,15-16H2,1-3H3/t19-/m1/s1. The molecule has 0 bridgehead atoms. The summed E-state index contributed by atoms with van der Waals surface area (Å²) >= 11 is 0. The minimum Gasteiger partial charge on any atom is -0.334 e. The predicted octanol–water partition coefficient (Wildman–Crippen LogP) is 2.11. The summed E-state index contributed by atoms with van der Waals surface area (Å²) in [5.74, 6) is 0.366. The molecule has 2 saturated heterocycles. The van der Waals surface area contributed by atoms with Crippen molar-refractivity contribution in [1.29, 1.82) is 0 Å². The van der Waals surface area contributed by atoms with Crippen LogP contribution in [0.5, 0.6) is 0 Å². The van der Waals surface area contributed by atoms with Gasteiger partial charge in [-0.2, -0.15) is 5.10 Å². The fourth-order valence-electron chi connectivity index (χ4n) is 5.08. The van der Waals surface area contributed by atoms with Crippen LogP contribution >= 0.6 is 0 Å². The first-order chi connectivity index (χ1) is 13.0. The molecule has 1 saturated carbocycles. The van der Waals surface area contributed by atoms with Crippen LogP contribution in [0.15, 0.2) is 12.4 Å². The van der Waals surface area contributed by atoms with Gasteiger partial charge in [0.25, 0.3) is 0 Å². The van der Waals surface area contributed by atoms with Crippen molar-refractivity contribution < 1.29 is 4.79 Å². The maximum atomic E-state index is 13.7. The molecule has 0 aromatic carbocycles. The molecule has 3 fully saturated rings. The molecule has 1 atom stereocenters. The van der Waals surface area contributed by atoms with Crippen LogP contribution in [0, 0.1) is 5.41 Å². The van der Waals surface area contributed by atoms with Gasteiger partial charge in [-0.15, -0.1) is 0 Å². The molecule has 6 nitrogen and oxygen atoms in total. The van der Waals surface area contributed by atoms with Crippen LogP contribution in [-0.4, -0.2) is 75.7 Å². The number of hydrogen-bond acceptors (Lipinski definition) is 4. The summed E-state index contributed by atoms with van der Waals surface area (Å²) in [4.78, 5) is 20.8. The van der Waals surface area contributed by atoms with Crippen molar-refractivity contribution in [2.24, 2.45) is 12.5 Å². The number of piperidine rings is 1. The number of likely N-dealkylation sites (tertiary alicyclic amines) is 2. The Bertz CT molecular complexity index is 659. The van der Waals surface area contributed by atoms with E-state index >= 15 is 0 Å².